The van der Waals surface area contributed by atoms with Crippen molar-refractivity contribution >= 4 is 23.5 Å². The quantitative estimate of drug-likeness (QED) is 0.811. The predicted octanol–water partition coefficient (Wildman–Crippen LogP) is 0.842. The lowest BCUT2D eigenvalue weighted by Gasteiger charge is -2.20. The van der Waals surface area contributed by atoms with Crippen molar-refractivity contribution in [2.75, 3.05) is 19.5 Å². The van der Waals surface area contributed by atoms with Crippen LogP contribution in [0.2, 0.25) is 0 Å². The lowest BCUT2D eigenvalue weighted by Crippen LogP contribution is -2.36. The molecule has 2 N–H and O–H groups in total. The molecule has 122 valence electrons. The van der Waals surface area contributed by atoms with Crippen LogP contribution in [0.4, 0.5) is 5.82 Å². The summed E-state index contributed by atoms with van der Waals surface area (Å²) in [5.74, 6) is 0.582. The summed E-state index contributed by atoms with van der Waals surface area (Å²) in [7, 11) is 2.98. The van der Waals surface area contributed by atoms with Gasteiger partial charge in [0.2, 0.25) is 11.7 Å². The number of hydrogen-bond acceptors (Lipinski definition) is 6. The van der Waals surface area contributed by atoms with Crippen LogP contribution in [0.3, 0.4) is 0 Å². The van der Waals surface area contributed by atoms with Crippen molar-refractivity contribution in [2.24, 2.45) is 5.92 Å². The largest absolute Gasteiger partial charge is 0.464 e. The van der Waals surface area contributed by atoms with Crippen molar-refractivity contribution in [1.82, 2.24) is 19.7 Å². The molecule has 23 heavy (non-hydrogen) atoms. The second-order valence-corrected chi connectivity index (χ2v) is 5.52. The molecule has 1 saturated carbocycles. The van der Waals surface area contributed by atoms with Gasteiger partial charge < -0.3 is 15.4 Å². The second-order valence-electron chi connectivity index (χ2n) is 5.52. The molecule has 0 saturated heterocycles. The summed E-state index contributed by atoms with van der Waals surface area (Å²) in [6.07, 6.45) is 5.95. The molecule has 0 aromatic carbocycles. The van der Waals surface area contributed by atoms with Gasteiger partial charge in [0.05, 0.1) is 19.2 Å². The number of carbonyl (C=O) groups excluding carboxylic acids is 2. The zero-order valence-electron chi connectivity index (χ0n) is 13.1. The normalized spacial score (nSPS) is 20.4. The molecule has 1 aliphatic rings. The molecule has 0 spiro atoms. The van der Waals surface area contributed by atoms with E-state index in [9.17, 15) is 9.59 Å². The van der Waals surface area contributed by atoms with Crippen molar-refractivity contribution in [3.05, 3.63) is 24.2 Å². The molecule has 2 aromatic rings. The minimum atomic E-state index is -0.463. The molecule has 1 amide bonds. The van der Waals surface area contributed by atoms with Gasteiger partial charge in [-0.3, -0.25) is 9.20 Å². The van der Waals surface area contributed by atoms with Crippen LogP contribution in [-0.2, 0) is 9.53 Å². The predicted molar refractivity (Wildman–Crippen MR) is 83.1 cm³/mol. The molecule has 1 fully saturated rings. The van der Waals surface area contributed by atoms with Gasteiger partial charge in [-0.25, -0.2) is 9.78 Å². The maximum atomic E-state index is 11.9. The Morgan fingerprint density at radius 2 is 2.22 bits per heavy atom. The molecular weight excluding hydrogens is 298 g/mol. The van der Waals surface area contributed by atoms with E-state index in [1.54, 1.807) is 23.7 Å². The number of hydrogen-bond donors (Lipinski definition) is 2. The van der Waals surface area contributed by atoms with E-state index in [1.807, 2.05) is 0 Å². The summed E-state index contributed by atoms with van der Waals surface area (Å²) in [6, 6.07) is 1.82. The van der Waals surface area contributed by atoms with E-state index in [0.29, 0.717) is 17.3 Å². The van der Waals surface area contributed by atoms with E-state index < -0.39 is 5.97 Å². The van der Waals surface area contributed by atoms with Crippen molar-refractivity contribution in [3.8, 4) is 0 Å². The van der Waals surface area contributed by atoms with Gasteiger partial charge in [-0.1, -0.05) is 6.42 Å². The Labute approximate surface area is 133 Å². The first-order chi connectivity index (χ1) is 11.1. The van der Waals surface area contributed by atoms with Crippen LogP contribution in [0.5, 0.6) is 0 Å². The Balaban J connectivity index is 1.81. The van der Waals surface area contributed by atoms with Gasteiger partial charge >= 0.3 is 5.97 Å². The first kappa shape index (κ1) is 15.3. The molecule has 0 unspecified atom stereocenters. The maximum absolute atomic E-state index is 11.9. The Bertz CT molecular complexity index is 742. The van der Waals surface area contributed by atoms with Crippen LogP contribution in [0.25, 0.3) is 5.78 Å². The van der Waals surface area contributed by atoms with E-state index in [-0.39, 0.29) is 17.9 Å². The molecule has 2 aromatic heterocycles. The topological polar surface area (TPSA) is 97.6 Å². The fraction of sp³-hybridized carbons (Fsp3) is 0.467. The molecular formula is C15H19N5O3. The molecule has 3 rings (SSSR count). The van der Waals surface area contributed by atoms with Gasteiger partial charge in [0.15, 0.2) is 5.69 Å². The number of carbonyl (C=O) groups is 2. The highest BCUT2D eigenvalue weighted by atomic mass is 16.5. The molecule has 2 atom stereocenters. The molecule has 2 heterocycles. The van der Waals surface area contributed by atoms with Crippen molar-refractivity contribution in [2.45, 2.75) is 25.3 Å². The Kier molecular flexibility index (Phi) is 4.14. The van der Waals surface area contributed by atoms with E-state index in [0.717, 1.165) is 19.3 Å². The minimum Gasteiger partial charge on any atom is -0.464 e. The fourth-order valence-corrected chi connectivity index (χ4v) is 3.03. The van der Waals surface area contributed by atoms with Crippen molar-refractivity contribution in [1.29, 1.82) is 0 Å². The lowest BCUT2D eigenvalue weighted by molar-refractivity contribution is -0.124. The lowest BCUT2D eigenvalue weighted by atomic mass is 10.0. The van der Waals surface area contributed by atoms with Gasteiger partial charge in [-0.15, -0.1) is 0 Å². The fourth-order valence-electron chi connectivity index (χ4n) is 3.03. The first-order valence-electron chi connectivity index (χ1n) is 7.54. The van der Waals surface area contributed by atoms with Crippen LogP contribution in [0.15, 0.2) is 18.5 Å². The van der Waals surface area contributed by atoms with E-state index in [1.165, 1.54) is 13.3 Å². The number of imidazole rings is 1. The average molecular weight is 317 g/mol. The third kappa shape index (κ3) is 2.84. The van der Waals surface area contributed by atoms with E-state index >= 15 is 0 Å². The standard InChI is InChI=1S/C15H19N5O3/c1-16-13(21)9-4-3-5-10(9)18-12-6-7-20-11(14(22)23-2)8-17-15(20)19-12/h6-10H,3-5H2,1-2H3,(H,16,21)(H,17,18,19)/t9-,10-/m1/s1. The SMILES string of the molecule is CNC(=O)[C@@H]1CCC[C@H]1Nc1ccn2c(C(=O)OC)cnc2n1. The summed E-state index contributed by atoms with van der Waals surface area (Å²) < 4.78 is 6.28. The minimum absolute atomic E-state index is 0.0508. The zero-order chi connectivity index (χ0) is 16.4. The summed E-state index contributed by atoms with van der Waals surface area (Å²) >= 11 is 0. The number of rotatable bonds is 4. The molecule has 8 heteroatoms. The number of esters is 1. The number of anilines is 1. The number of ether oxygens (including phenoxy) is 1. The number of fused-ring (bicyclic) bond motifs is 1. The molecule has 0 radical (unpaired) electrons. The number of nitrogens with one attached hydrogen (secondary N) is 2. The van der Waals surface area contributed by atoms with Gasteiger partial charge in [-0.2, -0.15) is 4.98 Å². The highest BCUT2D eigenvalue weighted by Crippen LogP contribution is 2.28. The Hall–Kier alpha value is -2.64. The zero-order valence-corrected chi connectivity index (χ0v) is 13.1. The van der Waals surface area contributed by atoms with Gasteiger partial charge in [-0.05, 0) is 18.9 Å². The van der Waals surface area contributed by atoms with Gasteiger partial charge in [0.25, 0.3) is 0 Å². The summed E-state index contributed by atoms with van der Waals surface area (Å²) in [5.41, 5.74) is 0.325. The number of methoxy groups -OCH3 is 1. The van der Waals surface area contributed by atoms with E-state index in [2.05, 4.69) is 20.6 Å². The maximum Gasteiger partial charge on any atom is 0.356 e. The van der Waals surface area contributed by atoms with Crippen molar-refractivity contribution < 1.29 is 14.3 Å². The van der Waals surface area contributed by atoms with E-state index in [4.69, 9.17) is 4.74 Å². The van der Waals surface area contributed by atoms with Crippen LogP contribution in [0, 0.1) is 5.92 Å². The van der Waals surface area contributed by atoms with Gasteiger partial charge in [0.1, 0.15) is 5.82 Å². The van der Waals surface area contributed by atoms with Crippen LogP contribution < -0.4 is 10.6 Å². The highest BCUT2D eigenvalue weighted by Gasteiger charge is 2.32. The van der Waals surface area contributed by atoms with Crippen LogP contribution >= 0.6 is 0 Å². The Morgan fingerprint density at radius 1 is 1.39 bits per heavy atom. The second kappa shape index (κ2) is 6.23. The molecule has 1 aliphatic carbocycles. The molecule has 0 bridgehead atoms. The number of nitrogens with zero attached hydrogens (tertiary/aromatic N) is 3. The van der Waals surface area contributed by atoms with Gasteiger partial charge in [0, 0.05) is 19.3 Å². The number of amides is 1. The third-order valence-electron chi connectivity index (χ3n) is 4.21. The van der Waals surface area contributed by atoms with Crippen molar-refractivity contribution in [3.63, 3.8) is 0 Å². The monoisotopic (exact) mass is 317 g/mol. The summed E-state index contributed by atoms with van der Waals surface area (Å²) in [4.78, 5) is 32.1. The third-order valence-corrected chi connectivity index (χ3v) is 4.21. The molecule has 8 nitrogen and oxygen atoms in total. The molecule has 0 aliphatic heterocycles. The highest BCUT2D eigenvalue weighted by molar-refractivity contribution is 5.88. The summed E-state index contributed by atoms with van der Waals surface area (Å²) in [6.45, 7) is 0. The first-order valence-corrected chi connectivity index (χ1v) is 7.54. The van der Waals surface area contributed by atoms with Crippen LogP contribution in [0.1, 0.15) is 29.8 Å². The van der Waals surface area contributed by atoms with Crippen LogP contribution in [-0.4, -0.2) is 46.4 Å². The average Bonchev–Trinajstić information content (AvgIpc) is 3.20. The summed E-state index contributed by atoms with van der Waals surface area (Å²) in [5, 5.41) is 6.02. The Morgan fingerprint density at radius 3 is 2.96 bits per heavy atom. The smallest absolute Gasteiger partial charge is 0.356 e. The number of aromatic nitrogens is 3.